The fraction of sp³-hybridized carbons (Fsp3) is 0.643. The van der Waals surface area contributed by atoms with Crippen LogP contribution in [0.15, 0.2) is 18.2 Å². The first-order valence-corrected chi connectivity index (χ1v) is 6.97. The molecule has 1 unspecified atom stereocenters. The van der Waals surface area contributed by atoms with Gasteiger partial charge in [0.15, 0.2) is 0 Å². The van der Waals surface area contributed by atoms with E-state index in [-0.39, 0.29) is 0 Å². The smallest absolute Gasteiger partial charge is 0.128 e. The molecule has 2 heterocycles. The van der Waals surface area contributed by atoms with Crippen molar-refractivity contribution in [3.05, 3.63) is 18.2 Å². The third-order valence-electron chi connectivity index (χ3n) is 3.23. The molecule has 1 aromatic heterocycles. The molecule has 0 aromatic carbocycles. The molecule has 2 N–H and O–H groups in total. The van der Waals surface area contributed by atoms with E-state index in [1.165, 1.54) is 25.9 Å². The van der Waals surface area contributed by atoms with E-state index in [2.05, 4.69) is 34.4 Å². The zero-order chi connectivity index (χ0) is 12.8. The number of rotatable bonds is 6. The van der Waals surface area contributed by atoms with Gasteiger partial charge in [0.2, 0.25) is 0 Å². The van der Waals surface area contributed by atoms with Gasteiger partial charge in [0.25, 0.3) is 0 Å². The quantitative estimate of drug-likeness (QED) is 0.811. The number of anilines is 2. The fourth-order valence-corrected chi connectivity index (χ4v) is 2.45. The van der Waals surface area contributed by atoms with Crippen LogP contribution >= 0.6 is 0 Å². The molecule has 1 atom stereocenters. The first-order valence-electron chi connectivity index (χ1n) is 6.97. The van der Waals surface area contributed by atoms with Crippen molar-refractivity contribution in [2.24, 2.45) is 0 Å². The monoisotopic (exact) mass is 248 g/mol. The molecule has 0 radical (unpaired) electrons. The van der Waals surface area contributed by atoms with Gasteiger partial charge in [-0.05, 0) is 51.9 Å². The van der Waals surface area contributed by atoms with E-state index in [0.29, 0.717) is 6.04 Å². The van der Waals surface area contributed by atoms with Gasteiger partial charge in [-0.25, -0.2) is 4.98 Å². The number of nitrogens with zero attached hydrogens (tertiary/aromatic N) is 2. The summed E-state index contributed by atoms with van der Waals surface area (Å²) < 4.78 is 0. The van der Waals surface area contributed by atoms with Crippen molar-refractivity contribution in [3.63, 3.8) is 0 Å². The molecular formula is C14H24N4. The highest BCUT2D eigenvalue weighted by molar-refractivity contribution is 5.45. The molecule has 0 aliphatic carbocycles. The number of hydrogen-bond acceptors (Lipinski definition) is 4. The average molecular weight is 248 g/mol. The number of nitrogens with one attached hydrogen (secondary N) is 2. The van der Waals surface area contributed by atoms with Crippen LogP contribution < -0.4 is 10.6 Å². The van der Waals surface area contributed by atoms with Crippen LogP contribution in [0.1, 0.15) is 26.7 Å². The minimum absolute atomic E-state index is 0.437. The Balaban J connectivity index is 1.85. The average Bonchev–Trinajstić information content (AvgIpc) is 2.82. The Kier molecular flexibility index (Phi) is 4.81. The zero-order valence-electron chi connectivity index (χ0n) is 11.4. The Morgan fingerprint density at radius 2 is 2.00 bits per heavy atom. The molecular weight excluding hydrogens is 224 g/mol. The summed E-state index contributed by atoms with van der Waals surface area (Å²) in [5, 5.41) is 6.71. The predicted molar refractivity (Wildman–Crippen MR) is 77.2 cm³/mol. The van der Waals surface area contributed by atoms with Crippen molar-refractivity contribution in [1.82, 2.24) is 9.88 Å². The second-order valence-corrected chi connectivity index (χ2v) is 4.99. The van der Waals surface area contributed by atoms with Gasteiger partial charge in [-0.15, -0.1) is 0 Å². The lowest BCUT2D eigenvalue weighted by molar-refractivity contribution is 0.327. The standard InChI is InChI=1S/C14H24N4/c1-3-15-13-7-6-8-14(17-13)16-12(2)11-18-9-4-5-10-18/h6-8,12H,3-5,9-11H2,1-2H3,(H2,15,16,17). The summed E-state index contributed by atoms with van der Waals surface area (Å²) in [5.41, 5.74) is 0. The summed E-state index contributed by atoms with van der Waals surface area (Å²) in [7, 11) is 0. The molecule has 4 nitrogen and oxygen atoms in total. The lowest BCUT2D eigenvalue weighted by Crippen LogP contribution is -2.33. The van der Waals surface area contributed by atoms with Crippen molar-refractivity contribution in [2.75, 3.05) is 36.8 Å². The number of aromatic nitrogens is 1. The molecule has 18 heavy (non-hydrogen) atoms. The molecule has 0 spiro atoms. The highest BCUT2D eigenvalue weighted by atomic mass is 15.2. The van der Waals surface area contributed by atoms with Crippen LogP contribution in [-0.4, -0.2) is 42.1 Å². The minimum atomic E-state index is 0.437. The first-order chi connectivity index (χ1) is 8.78. The molecule has 4 heteroatoms. The molecule has 1 fully saturated rings. The van der Waals surface area contributed by atoms with Gasteiger partial charge in [-0.2, -0.15) is 0 Å². The minimum Gasteiger partial charge on any atom is -0.370 e. The fourth-order valence-electron chi connectivity index (χ4n) is 2.45. The maximum Gasteiger partial charge on any atom is 0.128 e. The van der Waals surface area contributed by atoms with E-state index in [0.717, 1.165) is 24.7 Å². The van der Waals surface area contributed by atoms with Crippen molar-refractivity contribution >= 4 is 11.6 Å². The second-order valence-electron chi connectivity index (χ2n) is 4.99. The SMILES string of the molecule is CCNc1cccc(NC(C)CN2CCCC2)n1. The first kappa shape index (κ1) is 13.1. The highest BCUT2D eigenvalue weighted by Gasteiger charge is 2.14. The molecule has 1 aromatic rings. The number of hydrogen-bond donors (Lipinski definition) is 2. The van der Waals surface area contributed by atoms with Crippen LogP contribution in [0, 0.1) is 0 Å². The Morgan fingerprint density at radius 3 is 2.72 bits per heavy atom. The summed E-state index contributed by atoms with van der Waals surface area (Å²) in [6.07, 6.45) is 2.70. The van der Waals surface area contributed by atoms with Crippen LogP contribution in [0.25, 0.3) is 0 Å². The lowest BCUT2D eigenvalue weighted by atomic mass is 10.3. The molecule has 100 valence electrons. The van der Waals surface area contributed by atoms with E-state index >= 15 is 0 Å². The summed E-state index contributed by atoms with van der Waals surface area (Å²) in [5.74, 6) is 1.90. The van der Waals surface area contributed by atoms with Gasteiger partial charge in [0.1, 0.15) is 11.6 Å². The molecule has 2 rings (SSSR count). The largest absolute Gasteiger partial charge is 0.370 e. The number of likely N-dealkylation sites (tertiary alicyclic amines) is 1. The molecule has 1 aliphatic heterocycles. The molecule has 0 amide bonds. The van der Waals surface area contributed by atoms with Gasteiger partial charge in [0.05, 0.1) is 0 Å². The Bertz CT molecular complexity index is 361. The van der Waals surface area contributed by atoms with Crippen LogP contribution in [0.4, 0.5) is 11.6 Å². The molecule has 0 saturated carbocycles. The lowest BCUT2D eigenvalue weighted by Gasteiger charge is -2.21. The summed E-state index contributed by atoms with van der Waals surface area (Å²) in [4.78, 5) is 7.06. The van der Waals surface area contributed by atoms with E-state index in [9.17, 15) is 0 Å². The third-order valence-corrected chi connectivity index (χ3v) is 3.23. The molecule has 1 saturated heterocycles. The summed E-state index contributed by atoms with van der Waals surface area (Å²) in [6, 6.07) is 6.50. The molecule has 1 aliphatic rings. The van der Waals surface area contributed by atoms with Crippen LogP contribution in [0.5, 0.6) is 0 Å². The van der Waals surface area contributed by atoms with Crippen molar-refractivity contribution in [1.29, 1.82) is 0 Å². The van der Waals surface area contributed by atoms with E-state index in [1.54, 1.807) is 0 Å². The Hall–Kier alpha value is -1.29. The maximum atomic E-state index is 4.54. The normalized spacial score (nSPS) is 17.7. The summed E-state index contributed by atoms with van der Waals surface area (Å²) >= 11 is 0. The number of pyridine rings is 1. The van der Waals surface area contributed by atoms with Crippen LogP contribution in [0.3, 0.4) is 0 Å². The van der Waals surface area contributed by atoms with Gasteiger partial charge in [-0.3, -0.25) is 0 Å². The maximum absolute atomic E-state index is 4.54. The Labute approximate surface area is 110 Å². The van der Waals surface area contributed by atoms with Gasteiger partial charge in [0, 0.05) is 19.1 Å². The van der Waals surface area contributed by atoms with Gasteiger partial charge < -0.3 is 15.5 Å². The van der Waals surface area contributed by atoms with E-state index in [4.69, 9.17) is 0 Å². The van der Waals surface area contributed by atoms with Gasteiger partial charge >= 0.3 is 0 Å². The topological polar surface area (TPSA) is 40.2 Å². The zero-order valence-corrected chi connectivity index (χ0v) is 11.4. The second kappa shape index (κ2) is 6.59. The Morgan fingerprint density at radius 1 is 1.28 bits per heavy atom. The van der Waals surface area contributed by atoms with E-state index in [1.807, 2.05) is 18.2 Å². The van der Waals surface area contributed by atoms with Gasteiger partial charge in [-0.1, -0.05) is 6.07 Å². The van der Waals surface area contributed by atoms with Crippen molar-refractivity contribution < 1.29 is 0 Å². The van der Waals surface area contributed by atoms with Crippen LogP contribution in [0.2, 0.25) is 0 Å². The third kappa shape index (κ3) is 3.88. The highest BCUT2D eigenvalue weighted by Crippen LogP contribution is 2.12. The van der Waals surface area contributed by atoms with Crippen LogP contribution in [-0.2, 0) is 0 Å². The summed E-state index contributed by atoms with van der Waals surface area (Å²) in [6.45, 7) is 8.80. The van der Waals surface area contributed by atoms with Crippen molar-refractivity contribution in [3.8, 4) is 0 Å². The predicted octanol–water partition coefficient (Wildman–Crippen LogP) is 2.41. The molecule has 0 bridgehead atoms. The van der Waals surface area contributed by atoms with Crippen molar-refractivity contribution in [2.45, 2.75) is 32.7 Å². The van der Waals surface area contributed by atoms with E-state index < -0.39 is 0 Å².